The lowest BCUT2D eigenvalue weighted by molar-refractivity contribution is -0.0329. The second kappa shape index (κ2) is 6.89. The molecule has 0 amide bonds. The van der Waals surface area contributed by atoms with Gasteiger partial charge in [0.1, 0.15) is 5.75 Å². The smallest absolute Gasteiger partial charge is 0.441 e. The van der Waals surface area contributed by atoms with Gasteiger partial charge in [-0.3, -0.25) is 0 Å². The Kier molecular flexibility index (Phi) is 5.81. The Morgan fingerprint density at radius 1 is 1.33 bits per heavy atom. The minimum Gasteiger partial charge on any atom is -0.492 e. The van der Waals surface area contributed by atoms with Crippen LogP contribution < -0.4 is 10.5 Å². The number of alkyl halides is 3. The molecule has 0 fully saturated rings. The van der Waals surface area contributed by atoms with Crippen LogP contribution in [-0.4, -0.2) is 17.9 Å². The Hall–Kier alpha value is -0.880. The number of thioether (sulfide) groups is 1. The van der Waals surface area contributed by atoms with E-state index in [2.05, 4.69) is 0 Å². The van der Waals surface area contributed by atoms with E-state index in [1.165, 1.54) is 0 Å². The first-order valence-electron chi connectivity index (χ1n) is 5.62. The van der Waals surface area contributed by atoms with Crippen molar-refractivity contribution < 1.29 is 17.9 Å². The number of rotatable bonds is 6. The van der Waals surface area contributed by atoms with Gasteiger partial charge in [0, 0.05) is 17.4 Å². The van der Waals surface area contributed by atoms with Gasteiger partial charge in [-0.1, -0.05) is 25.1 Å². The standard InChI is InChI=1S/C12H16F3NOS/c1-2-10(16)9-5-3-4-6-11(9)17-7-8-18-12(13,14)15/h3-6,10H,2,7-8,16H2,1H3/t10-/m1/s1. The summed E-state index contributed by atoms with van der Waals surface area (Å²) in [7, 11) is 0. The zero-order valence-electron chi connectivity index (χ0n) is 10.0. The molecule has 2 N–H and O–H groups in total. The molecule has 0 heterocycles. The molecule has 0 aliphatic carbocycles. The van der Waals surface area contributed by atoms with Crippen molar-refractivity contribution in [2.45, 2.75) is 24.9 Å². The molecule has 0 aliphatic rings. The maximum Gasteiger partial charge on any atom is 0.441 e. The van der Waals surface area contributed by atoms with Crippen LogP contribution in [0.4, 0.5) is 13.2 Å². The highest BCUT2D eigenvalue weighted by Gasteiger charge is 2.27. The fourth-order valence-electron chi connectivity index (χ4n) is 1.45. The topological polar surface area (TPSA) is 35.2 Å². The Morgan fingerprint density at radius 2 is 2.00 bits per heavy atom. The first-order valence-corrected chi connectivity index (χ1v) is 6.60. The van der Waals surface area contributed by atoms with E-state index in [1.807, 2.05) is 19.1 Å². The molecule has 0 aromatic heterocycles. The van der Waals surface area contributed by atoms with E-state index < -0.39 is 5.51 Å². The Morgan fingerprint density at radius 3 is 2.61 bits per heavy atom. The first-order chi connectivity index (χ1) is 8.44. The van der Waals surface area contributed by atoms with Crippen LogP contribution in [0.25, 0.3) is 0 Å². The first kappa shape index (κ1) is 15.2. The van der Waals surface area contributed by atoms with Gasteiger partial charge >= 0.3 is 5.51 Å². The van der Waals surface area contributed by atoms with Gasteiger partial charge in [0.15, 0.2) is 0 Å². The molecule has 1 aromatic carbocycles. The zero-order valence-corrected chi connectivity index (χ0v) is 10.9. The highest BCUT2D eigenvalue weighted by atomic mass is 32.2. The molecule has 6 heteroatoms. The van der Waals surface area contributed by atoms with Crippen molar-refractivity contribution in [3.63, 3.8) is 0 Å². The number of para-hydroxylation sites is 1. The van der Waals surface area contributed by atoms with Crippen LogP contribution in [0, 0.1) is 0 Å². The number of benzene rings is 1. The van der Waals surface area contributed by atoms with Gasteiger partial charge in [0.25, 0.3) is 0 Å². The summed E-state index contributed by atoms with van der Waals surface area (Å²) >= 11 is -0.0834. The van der Waals surface area contributed by atoms with E-state index in [1.54, 1.807) is 12.1 Å². The second-order valence-corrected chi connectivity index (χ2v) is 4.86. The maximum atomic E-state index is 11.9. The molecule has 0 saturated carbocycles. The summed E-state index contributed by atoms with van der Waals surface area (Å²) in [5.74, 6) is 0.439. The van der Waals surface area contributed by atoms with Crippen LogP contribution in [0.3, 0.4) is 0 Å². The minimum atomic E-state index is -4.21. The van der Waals surface area contributed by atoms with E-state index in [-0.39, 0.29) is 30.2 Å². The molecule has 18 heavy (non-hydrogen) atoms. The Labute approximate surface area is 109 Å². The van der Waals surface area contributed by atoms with E-state index >= 15 is 0 Å². The third-order valence-electron chi connectivity index (χ3n) is 2.36. The maximum absolute atomic E-state index is 11.9. The molecular weight excluding hydrogens is 263 g/mol. The van der Waals surface area contributed by atoms with Crippen molar-refractivity contribution >= 4 is 11.8 Å². The third kappa shape index (κ3) is 5.18. The summed E-state index contributed by atoms with van der Waals surface area (Å²) in [4.78, 5) is 0. The van der Waals surface area contributed by atoms with Crippen molar-refractivity contribution in [1.29, 1.82) is 0 Å². The summed E-state index contributed by atoms with van der Waals surface area (Å²) < 4.78 is 41.1. The van der Waals surface area contributed by atoms with Crippen molar-refractivity contribution in [3.05, 3.63) is 29.8 Å². The largest absolute Gasteiger partial charge is 0.492 e. The predicted molar refractivity (Wildman–Crippen MR) is 67.7 cm³/mol. The van der Waals surface area contributed by atoms with Gasteiger partial charge < -0.3 is 10.5 Å². The van der Waals surface area contributed by atoms with Crippen molar-refractivity contribution in [1.82, 2.24) is 0 Å². The average Bonchev–Trinajstić information content (AvgIpc) is 2.33. The van der Waals surface area contributed by atoms with Gasteiger partial charge in [-0.25, -0.2) is 0 Å². The average molecular weight is 279 g/mol. The van der Waals surface area contributed by atoms with Gasteiger partial charge in [0.05, 0.1) is 6.61 Å². The molecule has 0 saturated heterocycles. The van der Waals surface area contributed by atoms with Crippen LogP contribution >= 0.6 is 11.8 Å². The number of hydrogen-bond acceptors (Lipinski definition) is 3. The highest BCUT2D eigenvalue weighted by molar-refractivity contribution is 8.00. The summed E-state index contributed by atoms with van der Waals surface area (Å²) in [6.45, 7) is 1.96. The van der Waals surface area contributed by atoms with Crippen LogP contribution in [0.1, 0.15) is 24.9 Å². The van der Waals surface area contributed by atoms with Gasteiger partial charge in [-0.05, 0) is 24.2 Å². The van der Waals surface area contributed by atoms with Gasteiger partial charge in [-0.15, -0.1) is 0 Å². The molecule has 2 nitrogen and oxygen atoms in total. The van der Waals surface area contributed by atoms with Gasteiger partial charge in [-0.2, -0.15) is 13.2 Å². The molecule has 0 radical (unpaired) electrons. The van der Waals surface area contributed by atoms with E-state index in [0.29, 0.717) is 5.75 Å². The molecule has 1 aromatic rings. The zero-order chi connectivity index (χ0) is 13.6. The van der Waals surface area contributed by atoms with Gasteiger partial charge in [0.2, 0.25) is 0 Å². The Bertz CT molecular complexity index is 371. The molecule has 0 spiro atoms. The van der Waals surface area contributed by atoms with Crippen LogP contribution in [0.15, 0.2) is 24.3 Å². The minimum absolute atomic E-state index is 0.0115. The molecule has 102 valence electrons. The summed E-state index contributed by atoms with van der Waals surface area (Å²) in [6, 6.07) is 7.01. The second-order valence-electron chi connectivity index (χ2n) is 3.70. The van der Waals surface area contributed by atoms with E-state index in [9.17, 15) is 13.2 Å². The lowest BCUT2D eigenvalue weighted by atomic mass is 10.0. The fraction of sp³-hybridized carbons (Fsp3) is 0.500. The monoisotopic (exact) mass is 279 g/mol. The summed E-state index contributed by atoms with van der Waals surface area (Å²) in [6.07, 6.45) is 0.748. The van der Waals surface area contributed by atoms with Crippen LogP contribution in [0.2, 0.25) is 0 Å². The lowest BCUT2D eigenvalue weighted by Gasteiger charge is -2.15. The Balaban J connectivity index is 2.52. The van der Waals surface area contributed by atoms with E-state index in [4.69, 9.17) is 10.5 Å². The normalized spacial score (nSPS) is 13.4. The van der Waals surface area contributed by atoms with Crippen LogP contribution in [-0.2, 0) is 0 Å². The third-order valence-corrected chi connectivity index (χ3v) is 3.06. The van der Waals surface area contributed by atoms with E-state index in [0.717, 1.165) is 12.0 Å². The number of halogens is 3. The number of ether oxygens (including phenoxy) is 1. The molecule has 0 unspecified atom stereocenters. The summed E-state index contributed by atoms with van der Waals surface area (Å²) in [5, 5.41) is 0. The summed E-state index contributed by atoms with van der Waals surface area (Å²) in [5.41, 5.74) is 2.53. The molecule has 1 atom stereocenters. The molecule has 0 bridgehead atoms. The van der Waals surface area contributed by atoms with Crippen LogP contribution in [0.5, 0.6) is 5.75 Å². The number of nitrogens with two attached hydrogens (primary N) is 1. The number of hydrogen-bond donors (Lipinski definition) is 1. The lowest BCUT2D eigenvalue weighted by Crippen LogP contribution is -2.12. The van der Waals surface area contributed by atoms with Crippen molar-refractivity contribution in [2.24, 2.45) is 5.73 Å². The highest BCUT2D eigenvalue weighted by Crippen LogP contribution is 2.30. The molecular formula is C12H16F3NOS. The SMILES string of the molecule is CC[C@@H](N)c1ccccc1OCCSC(F)(F)F. The molecule has 0 aliphatic heterocycles. The van der Waals surface area contributed by atoms with Crippen molar-refractivity contribution in [2.75, 3.05) is 12.4 Å². The predicted octanol–water partition coefficient (Wildman–Crippen LogP) is 3.73. The quantitative estimate of drug-likeness (QED) is 0.806. The van der Waals surface area contributed by atoms with Crippen molar-refractivity contribution in [3.8, 4) is 5.75 Å². The fourth-order valence-corrected chi connectivity index (χ4v) is 1.85. The molecule has 1 rings (SSSR count).